The maximum Gasteiger partial charge on any atom is 0.312 e. The largest absolute Gasteiger partial charge is 0.454 e. The van der Waals surface area contributed by atoms with Crippen molar-refractivity contribution in [1.82, 2.24) is 0 Å². The molecule has 1 rings (SSSR count). The second-order valence-corrected chi connectivity index (χ2v) is 3.01. The maximum absolute atomic E-state index is 12.9. The molecule has 0 saturated carbocycles. The molecule has 0 atom stereocenters. The van der Waals surface area contributed by atoms with E-state index in [1.54, 1.807) is 0 Å². The summed E-state index contributed by atoms with van der Waals surface area (Å²) >= 11 is 2.73. The van der Waals surface area contributed by atoms with Gasteiger partial charge in [-0.3, -0.25) is 10.1 Å². The monoisotopic (exact) mass is 267 g/mol. The number of nitro groups is 1. The van der Waals surface area contributed by atoms with E-state index in [4.69, 9.17) is 0 Å². The molecular formula is C7H4BrF2NO3. The molecule has 14 heavy (non-hydrogen) atoms. The van der Waals surface area contributed by atoms with Crippen LogP contribution in [0.1, 0.15) is 0 Å². The van der Waals surface area contributed by atoms with E-state index in [2.05, 4.69) is 20.7 Å². The van der Waals surface area contributed by atoms with Gasteiger partial charge in [-0.1, -0.05) is 0 Å². The summed E-state index contributed by atoms with van der Waals surface area (Å²) in [6.07, 6.45) is 0. The fraction of sp³-hybridized carbons (Fsp3) is 0.143. The normalized spacial score (nSPS) is 9.93. The van der Waals surface area contributed by atoms with E-state index < -0.39 is 29.0 Å². The van der Waals surface area contributed by atoms with E-state index >= 15 is 0 Å². The van der Waals surface area contributed by atoms with E-state index in [1.807, 2.05) is 0 Å². The summed E-state index contributed by atoms with van der Waals surface area (Å²) in [5, 5.41) is 10.4. The van der Waals surface area contributed by atoms with Crippen LogP contribution in [0, 0.1) is 15.9 Å². The fourth-order valence-corrected chi connectivity index (χ4v) is 1.31. The molecule has 0 spiro atoms. The minimum Gasteiger partial charge on any atom is -0.454 e. The van der Waals surface area contributed by atoms with Gasteiger partial charge in [-0.2, -0.15) is 0 Å². The molecule has 7 heteroatoms. The highest BCUT2D eigenvalue weighted by Gasteiger charge is 2.21. The molecule has 4 nitrogen and oxygen atoms in total. The number of ether oxygens (including phenoxy) is 1. The first kappa shape index (κ1) is 10.8. The highest BCUT2D eigenvalue weighted by molar-refractivity contribution is 9.10. The van der Waals surface area contributed by atoms with Crippen LogP contribution in [0.4, 0.5) is 14.5 Å². The van der Waals surface area contributed by atoms with Gasteiger partial charge in [0.2, 0.25) is 12.6 Å². The van der Waals surface area contributed by atoms with Crippen LogP contribution in [0.3, 0.4) is 0 Å². The van der Waals surface area contributed by atoms with Crippen molar-refractivity contribution >= 4 is 21.6 Å². The minimum atomic E-state index is -1.26. The number of rotatable bonds is 3. The number of hydrogen-bond acceptors (Lipinski definition) is 3. The third-order valence-electron chi connectivity index (χ3n) is 1.42. The van der Waals surface area contributed by atoms with Crippen LogP contribution in [0.5, 0.6) is 5.75 Å². The number of hydrogen-bond donors (Lipinski definition) is 0. The van der Waals surface area contributed by atoms with Gasteiger partial charge in [-0.25, -0.2) is 8.78 Å². The van der Waals surface area contributed by atoms with E-state index in [-0.39, 0.29) is 4.47 Å². The number of benzene rings is 1. The highest BCUT2D eigenvalue weighted by Crippen LogP contribution is 2.36. The first-order valence-electron chi connectivity index (χ1n) is 3.39. The second kappa shape index (κ2) is 4.32. The third-order valence-corrected chi connectivity index (χ3v) is 2.16. The van der Waals surface area contributed by atoms with E-state index in [1.165, 1.54) is 0 Å². The first-order chi connectivity index (χ1) is 6.57. The molecule has 0 bridgehead atoms. The lowest BCUT2D eigenvalue weighted by Crippen LogP contribution is -1.98. The molecule has 0 heterocycles. The van der Waals surface area contributed by atoms with E-state index in [0.717, 1.165) is 12.1 Å². The molecule has 0 amide bonds. The van der Waals surface area contributed by atoms with E-state index in [0.29, 0.717) is 0 Å². The highest BCUT2D eigenvalue weighted by atomic mass is 79.9. The van der Waals surface area contributed by atoms with Gasteiger partial charge in [0, 0.05) is 6.07 Å². The SMILES string of the molecule is O=[N+]([O-])c1ccc(F)c(Br)c1OCF. The Kier molecular flexibility index (Phi) is 3.34. The minimum absolute atomic E-state index is 0.260. The number of nitro benzene ring substituents is 1. The number of halogens is 3. The molecule has 1 aromatic carbocycles. The van der Waals surface area contributed by atoms with Gasteiger partial charge >= 0.3 is 5.69 Å². The molecule has 0 aliphatic carbocycles. The summed E-state index contributed by atoms with van der Waals surface area (Å²) in [5.41, 5.74) is -0.490. The molecule has 0 aromatic heterocycles. The molecule has 76 valence electrons. The topological polar surface area (TPSA) is 52.4 Å². The number of nitrogens with zero attached hydrogens (tertiary/aromatic N) is 1. The van der Waals surface area contributed by atoms with Crippen molar-refractivity contribution < 1.29 is 18.4 Å². The summed E-state index contributed by atoms with van der Waals surface area (Å²) in [6.45, 7) is -1.26. The molecule has 0 N–H and O–H groups in total. The van der Waals surface area contributed by atoms with Gasteiger partial charge in [-0.15, -0.1) is 0 Å². The molecule has 0 aliphatic rings. The molecule has 1 aromatic rings. The molecular weight excluding hydrogens is 264 g/mol. The molecule has 0 unspecified atom stereocenters. The lowest BCUT2D eigenvalue weighted by Gasteiger charge is -2.05. The molecule has 0 aliphatic heterocycles. The Morgan fingerprint density at radius 2 is 2.21 bits per heavy atom. The van der Waals surface area contributed by atoms with Gasteiger partial charge in [-0.05, 0) is 22.0 Å². The van der Waals surface area contributed by atoms with Crippen molar-refractivity contribution in [3.05, 3.63) is 32.5 Å². The smallest absolute Gasteiger partial charge is 0.312 e. The first-order valence-corrected chi connectivity index (χ1v) is 4.18. The molecule has 0 radical (unpaired) electrons. The van der Waals surface area contributed by atoms with Crippen molar-refractivity contribution in [1.29, 1.82) is 0 Å². The Morgan fingerprint density at radius 1 is 1.57 bits per heavy atom. The molecule has 0 saturated heterocycles. The zero-order valence-corrected chi connectivity index (χ0v) is 8.25. The zero-order valence-electron chi connectivity index (χ0n) is 6.67. The maximum atomic E-state index is 12.9. The summed E-state index contributed by atoms with van der Waals surface area (Å²) in [6, 6.07) is 1.80. The van der Waals surface area contributed by atoms with Crippen LogP contribution in [0.15, 0.2) is 16.6 Å². The van der Waals surface area contributed by atoms with Crippen molar-refractivity contribution in [2.45, 2.75) is 0 Å². The van der Waals surface area contributed by atoms with Crippen LogP contribution in [0.2, 0.25) is 0 Å². The summed E-state index contributed by atoms with van der Waals surface area (Å²) in [4.78, 5) is 9.64. The summed E-state index contributed by atoms with van der Waals surface area (Å²) in [5.74, 6) is -1.20. The Hall–Kier alpha value is -1.24. The Balaban J connectivity index is 3.29. The van der Waals surface area contributed by atoms with E-state index in [9.17, 15) is 18.9 Å². The Morgan fingerprint density at radius 3 is 2.71 bits per heavy atom. The third kappa shape index (κ3) is 1.98. The van der Waals surface area contributed by atoms with Crippen molar-refractivity contribution in [3.63, 3.8) is 0 Å². The lowest BCUT2D eigenvalue weighted by atomic mass is 10.3. The van der Waals surface area contributed by atoms with Gasteiger partial charge in [0.05, 0.1) is 4.92 Å². The van der Waals surface area contributed by atoms with Crippen LogP contribution in [0.25, 0.3) is 0 Å². The average molecular weight is 268 g/mol. The van der Waals surface area contributed by atoms with Crippen LogP contribution in [-0.2, 0) is 0 Å². The van der Waals surface area contributed by atoms with Crippen LogP contribution < -0.4 is 4.74 Å². The average Bonchev–Trinajstić information content (AvgIpc) is 2.13. The summed E-state index contributed by atoms with van der Waals surface area (Å²) < 4.78 is 28.8. The zero-order chi connectivity index (χ0) is 10.7. The Bertz CT molecular complexity index is 372. The van der Waals surface area contributed by atoms with Crippen LogP contribution >= 0.6 is 15.9 Å². The van der Waals surface area contributed by atoms with Crippen LogP contribution in [-0.4, -0.2) is 11.8 Å². The van der Waals surface area contributed by atoms with Crippen molar-refractivity contribution in [2.24, 2.45) is 0 Å². The van der Waals surface area contributed by atoms with Gasteiger partial charge in [0.15, 0.2) is 0 Å². The quantitative estimate of drug-likeness (QED) is 0.625. The van der Waals surface area contributed by atoms with Crippen molar-refractivity contribution in [3.8, 4) is 5.75 Å². The second-order valence-electron chi connectivity index (χ2n) is 2.22. The van der Waals surface area contributed by atoms with Gasteiger partial charge in [0.1, 0.15) is 10.3 Å². The standard InChI is InChI=1S/C7H4BrF2NO3/c8-6-4(10)1-2-5(11(12)13)7(6)14-3-9/h1-2H,3H2. The van der Waals surface area contributed by atoms with Gasteiger partial charge < -0.3 is 4.74 Å². The predicted octanol–water partition coefficient (Wildman–Crippen LogP) is 2.80. The van der Waals surface area contributed by atoms with Crippen molar-refractivity contribution in [2.75, 3.05) is 6.86 Å². The predicted molar refractivity (Wildman–Crippen MR) is 47.4 cm³/mol. The molecule has 0 fully saturated rings. The Labute approximate surface area is 85.8 Å². The fourth-order valence-electron chi connectivity index (χ4n) is 0.857. The van der Waals surface area contributed by atoms with Gasteiger partial charge in [0.25, 0.3) is 0 Å². The number of alkyl halides is 1. The lowest BCUT2D eigenvalue weighted by molar-refractivity contribution is -0.386. The summed E-state index contributed by atoms with van der Waals surface area (Å²) in [7, 11) is 0.